The zero-order valence-corrected chi connectivity index (χ0v) is 20.5. The Hall–Kier alpha value is -1.15. The highest BCUT2D eigenvalue weighted by molar-refractivity contribution is 5.82. The second-order valence-electron chi connectivity index (χ2n) is 10.1. The van der Waals surface area contributed by atoms with Crippen LogP contribution in [0.25, 0.3) is 0 Å². The third-order valence-corrected chi connectivity index (χ3v) is 7.55. The molecule has 0 saturated carbocycles. The first-order valence-electron chi connectivity index (χ1n) is 11.6. The Labute approximate surface area is 200 Å². The number of ether oxygens (including phenoxy) is 5. The number of amides is 1. The predicted octanol–water partition coefficient (Wildman–Crippen LogP) is -0.596. The number of carbonyl (C=O) groups excluding carboxylic acids is 1. The Morgan fingerprint density at radius 3 is 2.53 bits per heavy atom. The molecule has 3 heterocycles. The molecule has 0 aromatic heterocycles. The molecule has 11 heteroatoms. The molecule has 3 aliphatic rings. The van der Waals surface area contributed by atoms with E-state index < -0.39 is 66.6 Å². The molecule has 0 unspecified atom stereocenters. The summed E-state index contributed by atoms with van der Waals surface area (Å²) in [4.78, 5) is 13.1. The van der Waals surface area contributed by atoms with E-state index in [9.17, 15) is 25.2 Å². The molecule has 0 aromatic carbocycles. The SMILES string of the molecule is C=C1C[C@](OC)([C@H](O)C(=O)N[C@H]2OCO[C@H]3[C@H]2O[C@H](C[C@H](O)CO)C(C)(C)[C@@H]3O)O[C@H](C)[C@@H]1C. The molecular formula is C23H39NO10. The van der Waals surface area contributed by atoms with E-state index >= 15 is 0 Å². The van der Waals surface area contributed by atoms with Crippen molar-refractivity contribution < 1.29 is 48.9 Å². The number of aliphatic hydroxyl groups is 4. The minimum absolute atomic E-state index is 0.0322. The first-order chi connectivity index (χ1) is 15.9. The molecule has 10 atom stereocenters. The zero-order chi connectivity index (χ0) is 25.4. The predicted molar refractivity (Wildman–Crippen MR) is 118 cm³/mol. The van der Waals surface area contributed by atoms with Crippen LogP contribution in [0.3, 0.4) is 0 Å². The van der Waals surface area contributed by atoms with Crippen LogP contribution in [-0.2, 0) is 28.5 Å². The van der Waals surface area contributed by atoms with Crippen molar-refractivity contribution in [3.05, 3.63) is 12.2 Å². The standard InChI is InChI=1S/C23H39NO10/c1-11-8-23(30-6,34-13(3)12(11)2)19(28)20(29)24-21-17-16(31-10-32-21)18(27)22(4,5)15(33-17)7-14(26)9-25/h12-19,21,25-28H,1,7-10H2,2-6H3,(H,24,29)/t12-,13-,14+,15-,16+,17-,18-,19-,21+,23-/m1/s1. The molecule has 0 bridgehead atoms. The van der Waals surface area contributed by atoms with E-state index in [1.807, 2.05) is 13.8 Å². The number of nitrogens with one attached hydrogen (secondary N) is 1. The first kappa shape index (κ1) is 27.4. The van der Waals surface area contributed by atoms with Crippen LogP contribution in [0, 0.1) is 11.3 Å². The fraction of sp³-hybridized carbons (Fsp3) is 0.870. The van der Waals surface area contributed by atoms with Crippen molar-refractivity contribution in [1.29, 1.82) is 0 Å². The molecular weight excluding hydrogens is 450 g/mol. The highest BCUT2D eigenvalue weighted by Gasteiger charge is 2.56. The van der Waals surface area contributed by atoms with E-state index in [1.54, 1.807) is 13.8 Å². The average molecular weight is 490 g/mol. The molecule has 5 N–H and O–H groups in total. The van der Waals surface area contributed by atoms with E-state index in [0.29, 0.717) is 0 Å². The molecule has 3 saturated heterocycles. The summed E-state index contributed by atoms with van der Waals surface area (Å²) in [5, 5.41) is 43.8. The maximum absolute atomic E-state index is 13.1. The molecule has 3 aliphatic heterocycles. The van der Waals surface area contributed by atoms with Gasteiger partial charge in [0.15, 0.2) is 12.3 Å². The monoisotopic (exact) mass is 489 g/mol. The Bertz CT molecular complexity index is 747. The van der Waals surface area contributed by atoms with Crippen LogP contribution in [0.15, 0.2) is 12.2 Å². The van der Waals surface area contributed by atoms with Crippen molar-refractivity contribution in [3.8, 4) is 0 Å². The third-order valence-electron chi connectivity index (χ3n) is 7.55. The van der Waals surface area contributed by atoms with Crippen LogP contribution < -0.4 is 5.32 Å². The van der Waals surface area contributed by atoms with Gasteiger partial charge in [-0.15, -0.1) is 0 Å². The fourth-order valence-electron chi connectivity index (χ4n) is 4.84. The third kappa shape index (κ3) is 5.04. The molecule has 0 radical (unpaired) electrons. The van der Waals surface area contributed by atoms with Crippen LogP contribution in [0.2, 0.25) is 0 Å². The van der Waals surface area contributed by atoms with Gasteiger partial charge in [-0.3, -0.25) is 4.79 Å². The maximum Gasteiger partial charge on any atom is 0.256 e. The Kier molecular flexibility index (Phi) is 8.44. The summed E-state index contributed by atoms with van der Waals surface area (Å²) >= 11 is 0. The maximum atomic E-state index is 13.1. The summed E-state index contributed by atoms with van der Waals surface area (Å²) in [6.45, 7) is 10.7. The summed E-state index contributed by atoms with van der Waals surface area (Å²) in [6.07, 6.45) is -7.36. The summed E-state index contributed by atoms with van der Waals surface area (Å²) in [7, 11) is 1.35. The fourth-order valence-corrected chi connectivity index (χ4v) is 4.84. The molecule has 1 amide bonds. The van der Waals surface area contributed by atoms with Crippen molar-refractivity contribution in [2.75, 3.05) is 20.5 Å². The lowest BCUT2D eigenvalue weighted by Crippen LogP contribution is -2.69. The van der Waals surface area contributed by atoms with Crippen LogP contribution in [0.4, 0.5) is 0 Å². The molecule has 3 fully saturated rings. The van der Waals surface area contributed by atoms with Gasteiger partial charge in [0.05, 0.1) is 31.0 Å². The van der Waals surface area contributed by atoms with Crippen LogP contribution in [0.5, 0.6) is 0 Å². The lowest BCUT2D eigenvalue weighted by atomic mass is 9.72. The molecule has 0 aromatic rings. The molecule has 0 spiro atoms. The summed E-state index contributed by atoms with van der Waals surface area (Å²) in [5.41, 5.74) is -0.0209. The quantitative estimate of drug-likeness (QED) is 0.293. The van der Waals surface area contributed by atoms with E-state index in [4.69, 9.17) is 23.7 Å². The van der Waals surface area contributed by atoms with Crippen molar-refractivity contribution in [2.24, 2.45) is 11.3 Å². The van der Waals surface area contributed by atoms with Gasteiger partial charge in [-0.25, -0.2) is 0 Å². The van der Waals surface area contributed by atoms with E-state index in [0.717, 1.165) is 5.57 Å². The number of methoxy groups -OCH3 is 1. The molecule has 3 rings (SSSR count). The molecule has 34 heavy (non-hydrogen) atoms. The normalized spacial score (nSPS) is 41.9. The number of rotatable bonds is 7. The van der Waals surface area contributed by atoms with Gasteiger partial charge in [-0.2, -0.15) is 0 Å². The minimum Gasteiger partial charge on any atom is -0.394 e. The van der Waals surface area contributed by atoms with Gasteiger partial charge in [-0.1, -0.05) is 32.9 Å². The number of hydrogen-bond acceptors (Lipinski definition) is 10. The van der Waals surface area contributed by atoms with Gasteiger partial charge in [0.25, 0.3) is 5.91 Å². The van der Waals surface area contributed by atoms with E-state index in [2.05, 4.69) is 11.9 Å². The molecule has 0 aliphatic carbocycles. The lowest BCUT2D eigenvalue weighted by Gasteiger charge is -2.53. The topological polar surface area (TPSA) is 156 Å². The first-order valence-corrected chi connectivity index (χ1v) is 11.6. The van der Waals surface area contributed by atoms with Crippen molar-refractivity contribution in [3.63, 3.8) is 0 Å². The zero-order valence-electron chi connectivity index (χ0n) is 20.5. The summed E-state index contributed by atoms with van der Waals surface area (Å²) < 4.78 is 28.7. The Balaban J connectivity index is 1.76. The lowest BCUT2D eigenvalue weighted by molar-refractivity contribution is -0.330. The number of hydrogen-bond donors (Lipinski definition) is 5. The number of fused-ring (bicyclic) bond motifs is 1. The highest BCUT2D eigenvalue weighted by atomic mass is 16.7. The van der Waals surface area contributed by atoms with Gasteiger partial charge >= 0.3 is 0 Å². The van der Waals surface area contributed by atoms with E-state index in [-0.39, 0.29) is 31.7 Å². The van der Waals surface area contributed by atoms with Gasteiger partial charge in [0.1, 0.15) is 19.0 Å². The minimum atomic E-state index is -1.70. The molecule has 196 valence electrons. The highest BCUT2D eigenvalue weighted by Crippen LogP contribution is 2.42. The van der Waals surface area contributed by atoms with Gasteiger partial charge in [0, 0.05) is 31.3 Å². The van der Waals surface area contributed by atoms with Crippen LogP contribution >= 0.6 is 0 Å². The number of carbonyl (C=O) groups is 1. The van der Waals surface area contributed by atoms with Crippen molar-refractivity contribution in [1.82, 2.24) is 5.32 Å². The molecule has 11 nitrogen and oxygen atoms in total. The van der Waals surface area contributed by atoms with Crippen LogP contribution in [0.1, 0.15) is 40.5 Å². The Morgan fingerprint density at radius 2 is 1.94 bits per heavy atom. The smallest absolute Gasteiger partial charge is 0.256 e. The second-order valence-corrected chi connectivity index (χ2v) is 10.1. The Morgan fingerprint density at radius 1 is 1.26 bits per heavy atom. The van der Waals surface area contributed by atoms with Gasteiger partial charge < -0.3 is 49.4 Å². The van der Waals surface area contributed by atoms with Crippen molar-refractivity contribution in [2.45, 2.75) is 95.3 Å². The second kappa shape index (κ2) is 10.5. The van der Waals surface area contributed by atoms with Crippen LogP contribution in [-0.4, -0.2) is 102 Å². The average Bonchev–Trinajstić information content (AvgIpc) is 2.80. The number of aliphatic hydroxyl groups excluding tert-OH is 4. The van der Waals surface area contributed by atoms with Crippen molar-refractivity contribution >= 4 is 5.91 Å². The van der Waals surface area contributed by atoms with E-state index in [1.165, 1.54) is 7.11 Å². The summed E-state index contributed by atoms with van der Waals surface area (Å²) in [5.74, 6) is -2.39. The largest absolute Gasteiger partial charge is 0.394 e. The van der Waals surface area contributed by atoms with Gasteiger partial charge in [-0.05, 0) is 6.92 Å². The summed E-state index contributed by atoms with van der Waals surface area (Å²) in [6, 6.07) is 0. The van der Waals surface area contributed by atoms with Gasteiger partial charge in [0.2, 0.25) is 5.79 Å².